The zero-order valence-corrected chi connectivity index (χ0v) is 12.7. The maximum absolute atomic E-state index is 13.2. The number of nitrogens with zero attached hydrogens (tertiary/aromatic N) is 2. The van der Waals surface area contributed by atoms with E-state index in [2.05, 4.69) is 10.4 Å². The predicted molar refractivity (Wildman–Crippen MR) is 85.2 cm³/mol. The fourth-order valence-corrected chi connectivity index (χ4v) is 2.40. The van der Waals surface area contributed by atoms with Gasteiger partial charge in [-0.05, 0) is 36.8 Å². The van der Waals surface area contributed by atoms with E-state index in [-0.39, 0.29) is 23.1 Å². The second kappa shape index (κ2) is 6.19. The summed E-state index contributed by atoms with van der Waals surface area (Å²) in [5.41, 5.74) is 2.63. The highest BCUT2D eigenvalue weighted by atomic mass is 19.1. The molecule has 3 aromatic rings. The third-order valence-electron chi connectivity index (χ3n) is 3.49. The molecule has 24 heavy (non-hydrogen) atoms. The van der Waals surface area contributed by atoms with E-state index >= 15 is 0 Å². The number of aryl methyl sites for hydroxylation is 1. The number of aromatic nitrogens is 2. The van der Waals surface area contributed by atoms with Crippen LogP contribution in [0.15, 0.2) is 47.3 Å². The number of amides is 1. The monoisotopic (exact) mass is 329 g/mol. The number of carbonyl (C=O) groups excluding carboxylic acids is 1. The number of fused-ring (bicyclic) bond motifs is 1. The minimum absolute atomic E-state index is 0.0922. The lowest BCUT2D eigenvalue weighted by atomic mass is 10.1. The first kappa shape index (κ1) is 15.8. The van der Waals surface area contributed by atoms with Gasteiger partial charge in [0.2, 0.25) is 5.91 Å². The van der Waals surface area contributed by atoms with Gasteiger partial charge in [-0.25, -0.2) is 18.4 Å². The van der Waals surface area contributed by atoms with Crippen LogP contribution in [0.4, 0.5) is 8.78 Å². The van der Waals surface area contributed by atoms with E-state index < -0.39 is 23.1 Å². The van der Waals surface area contributed by atoms with Crippen LogP contribution in [-0.2, 0) is 11.2 Å². The molecule has 0 saturated heterocycles. The molecular weight excluding hydrogens is 316 g/mol. The number of nitrogens with one attached hydrogen (secondary N) is 1. The maximum Gasteiger partial charge on any atom is 0.280 e. The van der Waals surface area contributed by atoms with Crippen molar-refractivity contribution in [1.82, 2.24) is 9.66 Å². The Hall–Kier alpha value is -3.09. The van der Waals surface area contributed by atoms with Crippen molar-refractivity contribution in [2.45, 2.75) is 13.3 Å². The average Bonchev–Trinajstić information content (AvgIpc) is 2.51. The molecule has 0 spiro atoms. The molecule has 1 amide bonds. The molecular formula is C17H13F2N3O2. The van der Waals surface area contributed by atoms with Crippen molar-refractivity contribution in [1.29, 1.82) is 0 Å². The molecule has 5 nitrogen and oxygen atoms in total. The second-order valence-electron chi connectivity index (χ2n) is 5.30. The van der Waals surface area contributed by atoms with Gasteiger partial charge in [0.1, 0.15) is 17.5 Å². The lowest BCUT2D eigenvalue weighted by Gasteiger charge is -2.12. The van der Waals surface area contributed by atoms with Gasteiger partial charge in [0, 0.05) is 6.07 Å². The van der Waals surface area contributed by atoms with E-state index in [1.807, 2.05) is 0 Å². The van der Waals surface area contributed by atoms with Gasteiger partial charge in [-0.15, -0.1) is 0 Å². The molecule has 0 saturated carbocycles. The summed E-state index contributed by atoms with van der Waals surface area (Å²) in [6.45, 7) is 1.52. The van der Waals surface area contributed by atoms with Crippen molar-refractivity contribution in [2.24, 2.45) is 0 Å². The van der Waals surface area contributed by atoms with Crippen LogP contribution < -0.4 is 11.0 Å². The largest absolute Gasteiger partial charge is 0.280 e. The summed E-state index contributed by atoms with van der Waals surface area (Å²) < 4.78 is 27.4. The third-order valence-corrected chi connectivity index (χ3v) is 3.49. The van der Waals surface area contributed by atoms with Gasteiger partial charge in [0.05, 0.1) is 17.3 Å². The van der Waals surface area contributed by atoms with E-state index in [1.54, 1.807) is 6.07 Å². The summed E-state index contributed by atoms with van der Waals surface area (Å²) in [6, 6.07) is 9.26. The van der Waals surface area contributed by atoms with Crippen LogP contribution in [0.5, 0.6) is 0 Å². The van der Waals surface area contributed by atoms with Gasteiger partial charge >= 0.3 is 0 Å². The molecule has 1 N–H and O–H groups in total. The highest BCUT2D eigenvalue weighted by Crippen LogP contribution is 2.10. The predicted octanol–water partition coefficient (Wildman–Crippen LogP) is 2.30. The van der Waals surface area contributed by atoms with Crippen molar-refractivity contribution in [2.75, 3.05) is 5.43 Å². The standard InChI is InChI=1S/C17H13F2N3O2/c1-10-20-15-9-13(19)5-6-14(15)17(24)22(10)21-16(23)8-11-3-2-4-12(18)7-11/h2-7,9H,8H2,1H3,(H,21,23). The third kappa shape index (κ3) is 3.15. The Morgan fingerprint density at radius 2 is 1.92 bits per heavy atom. The molecule has 0 radical (unpaired) electrons. The van der Waals surface area contributed by atoms with Crippen molar-refractivity contribution in [3.63, 3.8) is 0 Å². The Morgan fingerprint density at radius 1 is 1.17 bits per heavy atom. The molecule has 7 heteroatoms. The van der Waals surface area contributed by atoms with E-state index in [0.29, 0.717) is 5.56 Å². The second-order valence-corrected chi connectivity index (χ2v) is 5.30. The lowest BCUT2D eigenvalue weighted by Crippen LogP contribution is -2.36. The molecule has 1 heterocycles. The zero-order chi connectivity index (χ0) is 17.3. The van der Waals surface area contributed by atoms with Crippen molar-refractivity contribution in [3.8, 4) is 0 Å². The topological polar surface area (TPSA) is 64.0 Å². The fourth-order valence-electron chi connectivity index (χ4n) is 2.40. The Morgan fingerprint density at radius 3 is 2.67 bits per heavy atom. The number of rotatable bonds is 3. The normalized spacial score (nSPS) is 10.8. The highest BCUT2D eigenvalue weighted by Gasteiger charge is 2.12. The van der Waals surface area contributed by atoms with Crippen molar-refractivity contribution >= 4 is 16.8 Å². The zero-order valence-electron chi connectivity index (χ0n) is 12.7. The minimum Gasteiger partial charge on any atom is -0.273 e. The van der Waals surface area contributed by atoms with Crippen LogP contribution in [0, 0.1) is 18.6 Å². The highest BCUT2D eigenvalue weighted by molar-refractivity contribution is 5.86. The molecule has 0 aliphatic carbocycles. The van der Waals surface area contributed by atoms with Crippen molar-refractivity contribution in [3.05, 3.63) is 75.8 Å². The number of hydrogen-bond acceptors (Lipinski definition) is 3. The molecule has 1 aromatic heterocycles. The Balaban J connectivity index is 1.91. The molecule has 0 fully saturated rings. The molecule has 0 aliphatic rings. The van der Waals surface area contributed by atoms with E-state index in [0.717, 1.165) is 16.8 Å². The van der Waals surface area contributed by atoms with Gasteiger partial charge in [-0.2, -0.15) is 0 Å². The van der Waals surface area contributed by atoms with E-state index in [1.165, 1.54) is 31.2 Å². The quantitative estimate of drug-likeness (QED) is 0.802. The van der Waals surface area contributed by atoms with Gasteiger partial charge in [0.15, 0.2) is 0 Å². The first-order valence-electron chi connectivity index (χ1n) is 7.17. The Labute approximate surface area is 135 Å². The molecule has 2 aromatic carbocycles. The van der Waals surface area contributed by atoms with Crippen LogP contribution in [0.2, 0.25) is 0 Å². The van der Waals surface area contributed by atoms with E-state index in [4.69, 9.17) is 0 Å². The molecule has 3 rings (SSSR count). The van der Waals surface area contributed by atoms with E-state index in [9.17, 15) is 18.4 Å². The summed E-state index contributed by atoms with van der Waals surface area (Å²) >= 11 is 0. The summed E-state index contributed by atoms with van der Waals surface area (Å²) in [7, 11) is 0. The van der Waals surface area contributed by atoms with Crippen LogP contribution in [0.25, 0.3) is 10.9 Å². The summed E-state index contributed by atoms with van der Waals surface area (Å²) in [5, 5.41) is 0.188. The lowest BCUT2D eigenvalue weighted by molar-refractivity contribution is -0.116. The van der Waals surface area contributed by atoms with Gasteiger partial charge in [-0.1, -0.05) is 12.1 Å². The Bertz CT molecular complexity index is 999. The fraction of sp³-hybridized carbons (Fsp3) is 0.118. The van der Waals surface area contributed by atoms with Crippen LogP contribution in [0.3, 0.4) is 0 Å². The summed E-state index contributed by atoms with van der Waals surface area (Å²) in [5.74, 6) is -1.22. The van der Waals surface area contributed by atoms with Crippen LogP contribution in [-0.4, -0.2) is 15.6 Å². The van der Waals surface area contributed by atoms with Gasteiger partial charge < -0.3 is 0 Å². The number of carbonyl (C=O) groups is 1. The first-order chi connectivity index (χ1) is 11.4. The molecule has 0 unspecified atom stereocenters. The number of halogens is 2. The SMILES string of the molecule is Cc1nc2cc(F)ccc2c(=O)n1NC(=O)Cc1cccc(F)c1. The Kier molecular flexibility index (Phi) is 4.07. The molecule has 0 atom stereocenters. The smallest absolute Gasteiger partial charge is 0.273 e. The van der Waals surface area contributed by atoms with Crippen LogP contribution in [0.1, 0.15) is 11.4 Å². The molecule has 0 bridgehead atoms. The average molecular weight is 329 g/mol. The van der Waals surface area contributed by atoms with Crippen molar-refractivity contribution < 1.29 is 13.6 Å². The first-order valence-corrected chi connectivity index (χ1v) is 7.17. The summed E-state index contributed by atoms with van der Waals surface area (Å²) in [6.07, 6.45) is -0.0922. The van der Waals surface area contributed by atoms with Crippen LogP contribution >= 0.6 is 0 Å². The van der Waals surface area contributed by atoms with Gasteiger partial charge in [0.25, 0.3) is 5.56 Å². The number of benzene rings is 2. The van der Waals surface area contributed by atoms with Gasteiger partial charge in [-0.3, -0.25) is 15.0 Å². The molecule has 0 aliphatic heterocycles. The maximum atomic E-state index is 13.2. The summed E-state index contributed by atoms with van der Waals surface area (Å²) in [4.78, 5) is 28.7. The molecule has 122 valence electrons. The minimum atomic E-state index is -0.509. The number of hydrogen-bond donors (Lipinski definition) is 1.